The maximum atomic E-state index is 12.6. The van der Waals surface area contributed by atoms with Gasteiger partial charge in [0.05, 0.1) is 0 Å². The van der Waals surface area contributed by atoms with Crippen LogP contribution in [0.1, 0.15) is 16.1 Å². The molecule has 0 unspecified atom stereocenters. The van der Waals surface area contributed by atoms with Crippen molar-refractivity contribution in [3.05, 3.63) is 80.7 Å². The molecule has 0 spiro atoms. The van der Waals surface area contributed by atoms with Gasteiger partial charge in [-0.2, -0.15) is 0 Å². The molecule has 0 aliphatic carbocycles. The summed E-state index contributed by atoms with van der Waals surface area (Å²) in [6.07, 6.45) is 0. The molecule has 0 radical (unpaired) electrons. The molecule has 0 aliphatic rings. The number of nitrogens with one attached hydrogen (secondary N) is 1. The van der Waals surface area contributed by atoms with Crippen molar-refractivity contribution >= 4 is 32.6 Å². The van der Waals surface area contributed by atoms with Gasteiger partial charge in [0.15, 0.2) is 0 Å². The molecule has 23 heavy (non-hydrogen) atoms. The van der Waals surface area contributed by atoms with Crippen molar-refractivity contribution < 1.29 is 4.79 Å². The molecule has 0 saturated carbocycles. The fourth-order valence-electron chi connectivity index (χ4n) is 2.47. The first-order valence-electron chi connectivity index (χ1n) is 7.16. The maximum Gasteiger partial charge on any atom is 0.270 e. The average molecular weight is 371 g/mol. The molecule has 1 amide bonds. The lowest BCUT2D eigenvalue weighted by Crippen LogP contribution is -2.28. The Morgan fingerprint density at radius 3 is 2.57 bits per heavy atom. The second-order valence-electron chi connectivity index (χ2n) is 5.39. The van der Waals surface area contributed by atoms with Crippen molar-refractivity contribution in [2.24, 2.45) is 0 Å². The van der Waals surface area contributed by atoms with E-state index >= 15 is 0 Å². The highest BCUT2D eigenvalue weighted by atomic mass is 79.9. The van der Waals surface area contributed by atoms with E-state index in [0.29, 0.717) is 17.6 Å². The normalized spacial score (nSPS) is 10.7. The number of hydrogen-bond acceptors (Lipinski definition) is 2. The van der Waals surface area contributed by atoms with Crippen molar-refractivity contribution in [2.45, 2.75) is 6.54 Å². The second-order valence-corrected chi connectivity index (χ2v) is 6.30. The maximum absolute atomic E-state index is 12.6. The molecule has 116 valence electrons. The molecule has 0 aliphatic heterocycles. The highest BCUT2D eigenvalue weighted by Gasteiger charge is 2.14. The highest BCUT2D eigenvalue weighted by molar-refractivity contribution is 9.10. The van der Waals surface area contributed by atoms with Gasteiger partial charge in [0.2, 0.25) is 0 Å². The second kappa shape index (κ2) is 6.38. The molecule has 0 bridgehead atoms. The van der Waals surface area contributed by atoms with Crippen molar-refractivity contribution in [1.29, 1.82) is 0 Å². The molecule has 0 atom stereocenters. The Kier molecular flexibility index (Phi) is 4.30. The van der Waals surface area contributed by atoms with Crippen LogP contribution in [0.4, 0.5) is 0 Å². The van der Waals surface area contributed by atoms with E-state index in [4.69, 9.17) is 0 Å². The smallest absolute Gasteiger partial charge is 0.270 e. The van der Waals surface area contributed by atoms with Gasteiger partial charge in [-0.05, 0) is 35.2 Å². The van der Waals surface area contributed by atoms with E-state index in [0.717, 1.165) is 15.4 Å². The van der Waals surface area contributed by atoms with E-state index in [2.05, 4.69) is 20.9 Å². The first-order chi connectivity index (χ1) is 11.0. The fraction of sp³-hybridized carbons (Fsp3) is 0.111. The Hall–Kier alpha value is -2.40. The predicted molar refractivity (Wildman–Crippen MR) is 94.5 cm³/mol. The Balaban J connectivity index is 1.87. The highest BCUT2D eigenvalue weighted by Crippen LogP contribution is 2.14. The van der Waals surface area contributed by atoms with Crippen LogP contribution in [0.25, 0.3) is 10.8 Å². The Bertz CT molecular complexity index is 916. The molecule has 3 aromatic rings. The number of carbonyl (C=O) groups is 1. The Morgan fingerprint density at radius 2 is 1.83 bits per heavy atom. The molecule has 1 heterocycles. The largest absolute Gasteiger partial charge is 0.336 e. The third-order valence-electron chi connectivity index (χ3n) is 3.66. The summed E-state index contributed by atoms with van der Waals surface area (Å²) in [4.78, 5) is 28.9. The van der Waals surface area contributed by atoms with Gasteiger partial charge >= 0.3 is 0 Å². The van der Waals surface area contributed by atoms with Crippen molar-refractivity contribution in [1.82, 2.24) is 9.88 Å². The van der Waals surface area contributed by atoms with Crippen LogP contribution in [-0.2, 0) is 6.54 Å². The quantitative estimate of drug-likeness (QED) is 0.766. The molecule has 0 fully saturated rings. The number of rotatable bonds is 3. The van der Waals surface area contributed by atoms with Crippen LogP contribution >= 0.6 is 15.9 Å². The Morgan fingerprint density at radius 1 is 1.13 bits per heavy atom. The van der Waals surface area contributed by atoms with E-state index in [-0.39, 0.29) is 11.5 Å². The molecule has 1 N–H and O–H groups in total. The summed E-state index contributed by atoms with van der Waals surface area (Å²) in [5.74, 6) is -0.212. The van der Waals surface area contributed by atoms with Gasteiger partial charge in [-0.25, -0.2) is 0 Å². The summed E-state index contributed by atoms with van der Waals surface area (Å²) in [6.45, 7) is 0.473. The lowest BCUT2D eigenvalue weighted by molar-refractivity contribution is 0.0779. The van der Waals surface area contributed by atoms with E-state index in [9.17, 15) is 9.59 Å². The summed E-state index contributed by atoms with van der Waals surface area (Å²) in [5.41, 5.74) is 1.07. The number of benzene rings is 2. The van der Waals surface area contributed by atoms with E-state index < -0.39 is 0 Å². The first kappa shape index (κ1) is 15.5. The zero-order valence-corrected chi connectivity index (χ0v) is 14.1. The van der Waals surface area contributed by atoms with E-state index in [1.807, 2.05) is 36.4 Å². The number of fused-ring (bicyclic) bond motifs is 1. The number of hydrogen-bond donors (Lipinski definition) is 1. The number of halogens is 1. The molecular weight excluding hydrogens is 356 g/mol. The lowest BCUT2D eigenvalue weighted by atomic mass is 10.1. The molecule has 2 aromatic carbocycles. The van der Waals surface area contributed by atoms with Crippen LogP contribution in [0.2, 0.25) is 0 Å². The number of pyridine rings is 1. The van der Waals surface area contributed by atoms with Crippen LogP contribution in [0, 0.1) is 0 Å². The van der Waals surface area contributed by atoms with Crippen molar-refractivity contribution in [3.63, 3.8) is 0 Å². The van der Waals surface area contributed by atoms with Crippen LogP contribution in [-0.4, -0.2) is 22.8 Å². The molecule has 0 saturated heterocycles. The lowest BCUT2D eigenvalue weighted by Gasteiger charge is -2.17. The van der Waals surface area contributed by atoms with E-state index in [1.165, 1.54) is 0 Å². The summed E-state index contributed by atoms with van der Waals surface area (Å²) in [5, 5.41) is 1.34. The third kappa shape index (κ3) is 3.35. The molecule has 5 heteroatoms. The number of nitrogens with zero attached hydrogens (tertiary/aromatic N) is 1. The zero-order chi connectivity index (χ0) is 16.4. The minimum Gasteiger partial charge on any atom is -0.336 e. The van der Waals surface area contributed by atoms with Crippen molar-refractivity contribution in [3.8, 4) is 0 Å². The van der Waals surface area contributed by atoms with Gasteiger partial charge in [-0.1, -0.05) is 46.3 Å². The topological polar surface area (TPSA) is 53.2 Å². The third-order valence-corrected chi connectivity index (χ3v) is 4.19. The fourth-order valence-corrected chi connectivity index (χ4v) is 2.73. The predicted octanol–water partition coefficient (Wildman–Crippen LogP) is 3.56. The van der Waals surface area contributed by atoms with Gasteiger partial charge in [-0.3, -0.25) is 9.59 Å². The van der Waals surface area contributed by atoms with Gasteiger partial charge in [0.1, 0.15) is 5.69 Å². The molecule has 3 rings (SSSR count). The molecule has 4 nitrogen and oxygen atoms in total. The summed E-state index contributed by atoms with van der Waals surface area (Å²) in [6, 6.07) is 16.7. The standard InChI is InChI=1S/C18H15BrN2O2/c1-21(11-12-6-8-14(19)9-7-12)18(23)16-10-13-4-2-3-5-15(13)17(22)20-16/h2-10H,11H2,1H3,(H,20,22). The van der Waals surface area contributed by atoms with Crippen molar-refractivity contribution in [2.75, 3.05) is 7.05 Å². The van der Waals surface area contributed by atoms with Gasteiger partial charge in [0, 0.05) is 23.5 Å². The number of aromatic nitrogens is 1. The summed E-state index contributed by atoms with van der Waals surface area (Å²) >= 11 is 3.39. The summed E-state index contributed by atoms with van der Waals surface area (Å²) in [7, 11) is 1.72. The summed E-state index contributed by atoms with van der Waals surface area (Å²) < 4.78 is 0.995. The zero-order valence-electron chi connectivity index (χ0n) is 12.5. The average Bonchev–Trinajstić information content (AvgIpc) is 2.56. The van der Waals surface area contributed by atoms with Crippen LogP contribution in [0.5, 0.6) is 0 Å². The van der Waals surface area contributed by atoms with Crippen LogP contribution < -0.4 is 5.56 Å². The van der Waals surface area contributed by atoms with Gasteiger partial charge < -0.3 is 9.88 Å². The van der Waals surface area contributed by atoms with Gasteiger partial charge in [0.25, 0.3) is 11.5 Å². The Labute approximate surface area is 141 Å². The van der Waals surface area contributed by atoms with Gasteiger partial charge in [-0.15, -0.1) is 0 Å². The first-order valence-corrected chi connectivity index (χ1v) is 7.96. The SMILES string of the molecule is CN(Cc1ccc(Br)cc1)C(=O)c1cc2ccccc2c(=O)[nH]1. The minimum absolute atomic E-state index is 0.212. The molecular formula is C18H15BrN2O2. The van der Waals surface area contributed by atoms with Crippen LogP contribution in [0.15, 0.2) is 63.9 Å². The number of H-pyrrole nitrogens is 1. The van der Waals surface area contributed by atoms with Crippen LogP contribution in [0.3, 0.4) is 0 Å². The molecule has 1 aromatic heterocycles. The monoisotopic (exact) mass is 370 g/mol. The minimum atomic E-state index is -0.247. The number of amides is 1. The van der Waals surface area contributed by atoms with E-state index in [1.54, 1.807) is 30.1 Å². The number of aromatic amines is 1. The number of carbonyl (C=O) groups excluding carboxylic acids is 1.